The summed E-state index contributed by atoms with van der Waals surface area (Å²) in [5, 5.41) is 6.84. The molecule has 0 aromatic carbocycles. The van der Waals surface area contributed by atoms with E-state index < -0.39 is 0 Å². The van der Waals surface area contributed by atoms with Gasteiger partial charge in [-0.3, -0.25) is 0 Å². The third-order valence-corrected chi connectivity index (χ3v) is 1.59. The van der Waals surface area contributed by atoms with Gasteiger partial charge in [-0.25, -0.2) is 0 Å². The second-order valence-electron chi connectivity index (χ2n) is 1.56. The van der Waals surface area contributed by atoms with Crippen molar-refractivity contribution in [3.05, 3.63) is 16.8 Å². The number of carbonyl (C=O) groups excluding carboxylic acids is 1. The molecule has 0 amide bonds. The van der Waals surface area contributed by atoms with Crippen LogP contribution in [0.25, 0.3) is 0 Å². The monoisotopic (exact) mass is 141 g/mol. The molecule has 1 rings (SSSR count). The summed E-state index contributed by atoms with van der Waals surface area (Å²) in [6.45, 7) is 0.400. The summed E-state index contributed by atoms with van der Waals surface area (Å²) in [4.78, 5) is 9.84. The maximum absolute atomic E-state index is 9.84. The Balaban J connectivity index is 2.38. The lowest BCUT2D eigenvalue weighted by Gasteiger charge is -1.93. The van der Waals surface area contributed by atoms with Gasteiger partial charge in [0.05, 0.1) is 6.54 Å². The maximum atomic E-state index is 9.84. The van der Waals surface area contributed by atoms with E-state index in [4.69, 9.17) is 0 Å². The Hall–Kier alpha value is -0.830. The number of rotatable bonds is 3. The number of anilines is 1. The van der Waals surface area contributed by atoms with E-state index in [-0.39, 0.29) is 0 Å². The molecule has 1 N–H and O–H groups in total. The smallest absolute Gasteiger partial charge is 0.139 e. The fourth-order valence-corrected chi connectivity index (χ4v) is 1.14. The van der Waals surface area contributed by atoms with Crippen molar-refractivity contribution in [2.45, 2.75) is 0 Å². The summed E-state index contributed by atoms with van der Waals surface area (Å²) < 4.78 is 0. The zero-order valence-electron chi connectivity index (χ0n) is 4.83. The lowest BCUT2D eigenvalue weighted by atomic mass is 10.5. The van der Waals surface area contributed by atoms with Crippen LogP contribution in [-0.2, 0) is 4.79 Å². The molecular formula is C6H7NOS. The highest BCUT2D eigenvalue weighted by Crippen LogP contribution is 2.10. The van der Waals surface area contributed by atoms with Crippen molar-refractivity contribution < 1.29 is 4.79 Å². The van der Waals surface area contributed by atoms with E-state index in [9.17, 15) is 4.79 Å². The van der Waals surface area contributed by atoms with E-state index >= 15 is 0 Å². The first-order valence-electron chi connectivity index (χ1n) is 2.63. The molecule has 0 unspecified atom stereocenters. The third kappa shape index (κ3) is 1.85. The molecule has 1 aromatic heterocycles. The molecule has 0 aliphatic carbocycles. The minimum absolute atomic E-state index is 0.400. The van der Waals surface area contributed by atoms with Gasteiger partial charge < -0.3 is 10.1 Å². The molecule has 1 aromatic rings. The van der Waals surface area contributed by atoms with Crippen molar-refractivity contribution in [3.8, 4) is 0 Å². The van der Waals surface area contributed by atoms with Gasteiger partial charge in [0.25, 0.3) is 0 Å². The molecule has 0 aliphatic rings. The molecule has 1 heterocycles. The molecule has 0 fully saturated rings. The van der Waals surface area contributed by atoms with Crippen molar-refractivity contribution in [1.82, 2.24) is 0 Å². The van der Waals surface area contributed by atoms with E-state index in [2.05, 4.69) is 5.32 Å². The minimum Gasteiger partial charge on any atom is -0.378 e. The molecule has 0 radical (unpaired) electrons. The second kappa shape index (κ2) is 3.25. The van der Waals surface area contributed by atoms with Crippen LogP contribution in [0.3, 0.4) is 0 Å². The number of carbonyl (C=O) groups is 1. The van der Waals surface area contributed by atoms with Gasteiger partial charge >= 0.3 is 0 Å². The zero-order chi connectivity index (χ0) is 6.53. The van der Waals surface area contributed by atoms with Crippen LogP contribution in [0.15, 0.2) is 16.8 Å². The fourth-order valence-electron chi connectivity index (χ4n) is 0.525. The van der Waals surface area contributed by atoms with Crippen LogP contribution in [0, 0.1) is 0 Å². The predicted octanol–water partition coefficient (Wildman–Crippen LogP) is 1.36. The lowest BCUT2D eigenvalue weighted by molar-refractivity contribution is -0.106. The molecule has 2 nitrogen and oxygen atoms in total. The number of aldehydes is 1. The van der Waals surface area contributed by atoms with Crippen molar-refractivity contribution >= 4 is 23.3 Å². The largest absolute Gasteiger partial charge is 0.378 e. The Morgan fingerprint density at radius 1 is 1.78 bits per heavy atom. The highest BCUT2D eigenvalue weighted by molar-refractivity contribution is 7.08. The number of thiophene rings is 1. The standard InChI is InChI=1S/C6H7NOS/c8-3-2-7-6-1-4-9-5-6/h1,3-5,7H,2H2. The van der Waals surface area contributed by atoms with E-state index in [1.165, 1.54) is 0 Å². The van der Waals surface area contributed by atoms with Gasteiger partial charge in [-0.15, -0.1) is 0 Å². The van der Waals surface area contributed by atoms with Gasteiger partial charge in [-0.1, -0.05) is 0 Å². The fraction of sp³-hybridized carbons (Fsp3) is 0.167. The maximum Gasteiger partial charge on any atom is 0.139 e. The molecule has 0 spiro atoms. The number of hydrogen-bond acceptors (Lipinski definition) is 3. The van der Waals surface area contributed by atoms with E-state index in [1.54, 1.807) is 11.3 Å². The van der Waals surface area contributed by atoms with Gasteiger partial charge in [0.2, 0.25) is 0 Å². The number of hydrogen-bond donors (Lipinski definition) is 1. The first kappa shape index (κ1) is 6.29. The lowest BCUT2D eigenvalue weighted by Crippen LogP contribution is -1.99. The summed E-state index contributed by atoms with van der Waals surface area (Å²) >= 11 is 1.61. The van der Waals surface area contributed by atoms with Crippen molar-refractivity contribution in [1.29, 1.82) is 0 Å². The molecule has 0 saturated heterocycles. The Morgan fingerprint density at radius 3 is 3.22 bits per heavy atom. The Kier molecular flexibility index (Phi) is 2.27. The Labute approximate surface area is 57.5 Å². The Morgan fingerprint density at radius 2 is 2.67 bits per heavy atom. The van der Waals surface area contributed by atoms with Crippen molar-refractivity contribution in [2.75, 3.05) is 11.9 Å². The van der Waals surface area contributed by atoms with Crippen molar-refractivity contribution in [3.63, 3.8) is 0 Å². The van der Waals surface area contributed by atoms with Crippen LogP contribution in [0.5, 0.6) is 0 Å². The van der Waals surface area contributed by atoms with Crippen LogP contribution < -0.4 is 5.32 Å². The van der Waals surface area contributed by atoms with Gasteiger partial charge in [-0.05, 0) is 11.4 Å². The normalized spacial score (nSPS) is 8.89. The van der Waals surface area contributed by atoms with Gasteiger partial charge in [0.1, 0.15) is 6.29 Å². The van der Waals surface area contributed by atoms with Crippen LogP contribution in [0.4, 0.5) is 5.69 Å². The summed E-state index contributed by atoms with van der Waals surface area (Å²) in [5.74, 6) is 0. The van der Waals surface area contributed by atoms with Crippen LogP contribution in [0.1, 0.15) is 0 Å². The Bertz CT molecular complexity index is 171. The van der Waals surface area contributed by atoms with Gasteiger partial charge in [0.15, 0.2) is 0 Å². The molecule has 48 valence electrons. The second-order valence-corrected chi connectivity index (χ2v) is 2.34. The summed E-state index contributed by atoms with van der Waals surface area (Å²) in [7, 11) is 0. The van der Waals surface area contributed by atoms with Gasteiger partial charge in [-0.2, -0.15) is 11.3 Å². The quantitative estimate of drug-likeness (QED) is 0.644. The molecule has 0 bridgehead atoms. The molecule has 0 aliphatic heterocycles. The minimum atomic E-state index is 0.400. The summed E-state index contributed by atoms with van der Waals surface area (Å²) in [6.07, 6.45) is 0.845. The first-order chi connectivity index (χ1) is 4.43. The molecular weight excluding hydrogens is 134 g/mol. The van der Waals surface area contributed by atoms with Crippen LogP contribution in [0.2, 0.25) is 0 Å². The van der Waals surface area contributed by atoms with E-state index in [0.717, 1.165) is 12.0 Å². The highest BCUT2D eigenvalue weighted by atomic mass is 32.1. The summed E-state index contributed by atoms with van der Waals surface area (Å²) in [5.41, 5.74) is 1.02. The number of nitrogens with one attached hydrogen (secondary N) is 1. The third-order valence-electron chi connectivity index (χ3n) is 0.911. The van der Waals surface area contributed by atoms with E-state index in [0.29, 0.717) is 6.54 Å². The topological polar surface area (TPSA) is 29.1 Å². The first-order valence-corrected chi connectivity index (χ1v) is 3.57. The molecule has 0 saturated carbocycles. The molecule has 0 atom stereocenters. The van der Waals surface area contributed by atoms with Crippen molar-refractivity contribution in [2.24, 2.45) is 0 Å². The SMILES string of the molecule is O=CCNc1ccsc1. The predicted molar refractivity (Wildman–Crippen MR) is 38.9 cm³/mol. The molecule has 3 heteroatoms. The van der Waals surface area contributed by atoms with Gasteiger partial charge in [0, 0.05) is 11.1 Å². The van der Waals surface area contributed by atoms with Crippen LogP contribution in [-0.4, -0.2) is 12.8 Å². The highest BCUT2D eigenvalue weighted by Gasteiger charge is 1.86. The molecule has 9 heavy (non-hydrogen) atoms. The zero-order valence-corrected chi connectivity index (χ0v) is 5.65. The van der Waals surface area contributed by atoms with E-state index in [1.807, 2.05) is 16.8 Å². The summed E-state index contributed by atoms with van der Waals surface area (Å²) in [6, 6.07) is 1.94. The average molecular weight is 141 g/mol. The average Bonchev–Trinajstić information content (AvgIpc) is 2.34. The van der Waals surface area contributed by atoms with Crippen LogP contribution >= 0.6 is 11.3 Å².